The lowest BCUT2D eigenvalue weighted by Crippen LogP contribution is -2.38. The average Bonchev–Trinajstić information content (AvgIpc) is 2.15. The lowest BCUT2D eigenvalue weighted by molar-refractivity contribution is -0.117. The highest BCUT2D eigenvalue weighted by Gasteiger charge is 2.23. The molecular weight excluding hydrogens is 180 g/mol. The minimum atomic E-state index is -0.331. The molecule has 0 spiro atoms. The van der Waals surface area contributed by atoms with Gasteiger partial charge in [0.15, 0.2) is 0 Å². The van der Waals surface area contributed by atoms with Crippen LogP contribution in [0.25, 0.3) is 0 Å². The summed E-state index contributed by atoms with van der Waals surface area (Å²) in [5.74, 6) is 0.728. The summed E-state index contributed by atoms with van der Waals surface area (Å²) >= 11 is 0. The van der Waals surface area contributed by atoms with Gasteiger partial charge in [0.05, 0.1) is 12.7 Å². The van der Waals surface area contributed by atoms with E-state index in [4.69, 9.17) is 9.47 Å². The van der Waals surface area contributed by atoms with Gasteiger partial charge in [-0.05, 0) is 25.2 Å². The van der Waals surface area contributed by atoms with Gasteiger partial charge in [-0.25, -0.2) is 0 Å². The van der Waals surface area contributed by atoms with E-state index in [1.807, 2.05) is 0 Å². The Morgan fingerprint density at radius 2 is 2.29 bits per heavy atom. The van der Waals surface area contributed by atoms with Gasteiger partial charge in [-0.15, -0.1) is 0 Å². The molecule has 0 aromatic carbocycles. The average molecular weight is 202 g/mol. The van der Waals surface area contributed by atoms with Crippen molar-refractivity contribution in [3.63, 3.8) is 0 Å². The van der Waals surface area contributed by atoms with Crippen molar-refractivity contribution < 1.29 is 14.6 Å². The summed E-state index contributed by atoms with van der Waals surface area (Å²) in [5.41, 5.74) is 0. The van der Waals surface area contributed by atoms with Gasteiger partial charge >= 0.3 is 0 Å². The normalized spacial score (nSPS) is 28.3. The highest BCUT2D eigenvalue weighted by atomic mass is 16.5. The van der Waals surface area contributed by atoms with Gasteiger partial charge in [0.25, 0.3) is 0 Å². The largest absolute Gasteiger partial charge is 0.390 e. The third-order valence-electron chi connectivity index (χ3n) is 2.53. The van der Waals surface area contributed by atoms with Crippen LogP contribution in [0.4, 0.5) is 0 Å². The summed E-state index contributed by atoms with van der Waals surface area (Å²) < 4.78 is 10.8. The molecule has 14 heavy (non-hydrogen) atoms. The maximum absolute atomic E-state index is 9.57. The topological polar surface area (TPSA) is 38.7 Å². The number of aliphatic hydroxyl groups is 1. The summed E-state index contributed by atoms with van der Waals surface area (Å²) in [6, 6.07) is 0. The Morgan fingerprint density at radius 3 is 2.93 bits per heavy atom. The molecule has 0 aliphatic carbocycles. The van der Waals surface area contributed by atoms with Crippen molar-refractivity contribution in [3.8, 4) is 0 Å². The second-order valence-electron chi connectivity index (χ2n) is 4.38. The first-order chi connectivity index (χ1) is 6.70. The number of hydrogen-bond acceptors (Lipinski definition) is 3. The number of aliphatic hydroxyl groups excluding tert-OH is 1. The van der Waals surface area contributed by atoms with Crippen LogP contribution in [0.3, 0.4) is 0 Å². The van der Waals surface area contributed by atoms with Crippen LogP contribution in [-0.4, -0.2) is 37.1 Å². The molecule has 3 nitrogen and oxygen atoms in total. The monoisotopic (exact) mass is 202 g/mol. The Kier molecular flexibility index (Phi) is 5.45. The molecule has 1 aliphatic heterocycles. The van der Waals surface area contributed by atoms with Crippen molar-refractivity contribution in [3.05, 3.63) is 0 Å². The Hall–Kier alpha value is -0.120. The maximum Gasteiger partial charge on any atom is 0.107 e. The van der Waals surface area contributed by atoms with E-state index in [1.165, 1.54) is 6.42 Å². The van der Waals surface area contributed by atoms with Gasteiger partial charge in [-0.2, -0.15) is 0 Å². The molecule has 2 unspecified atom stereocenters. The van der Waals surface area contributed by atoms with Gasteiger partial charge < -0.3 is 14.6 Å². The molecule has 0 amide bonds. The highest BCUT2D eigenvalue weighted by Crippen LogP contribution is 2.12. The Morgan fingerprint density at radius 1 is 1.50 bits per heavy atom. The second kappa shape index (κ2) is 6.38. The van der Waals surface area contributed by atoms with Gasteiger partial charge in [0.2, 0.25) is 0 Å². The van der Waals surface area contributed by atoms with Gasteiger partial charge in [-0.1, -0.05) is 13.8 Å². The molecule has 0 aromatic heterocycles. The molecular formula is C11H22O3. The SMILES string of the molecule is CC(C)CCCOC1COCCC1O. The van der Waals surface area contributed by atoms with Crippen LogP contribution in [0, 0.1) is 5.92 Å². The van der Waals surface area contributed by atoms with E-state index in [0.717, 1.165) is 18.9 Å². The molecule has 0 radical (unpaired) electrons. The number of hydrogen-bond donors (Lipinski definition) is 1. The molecule has 1 N–H and O–H groups in total. The quantitative estimate of drug-likeness (QED) is 0.688. The fourth-order valence-electron chi connectivity index (χ4n) is 1.59. The molecule has 1 aliphatic rings. The number of rotatable bonds is 5. The van der Waals surface area contributed by atoms with Crippen molar-refractivity contribution in [1.29, 1.82) is 0 Å². The fourth-order valence-corrected chi connectivity index (χ4v) is 1.59. The van der Waals surface area contributed by atoms with Gasteiger partial charge in [0, 0.05) is 13.2 Å². The van der Waals surface area contributed by atoms with Gasteiger partial charge in [0.1, 0.15) is 6.10 Å². The first-order valence-electron chi connectivity index (χ1n) is 5.57. The van der Waals surface area contributed by atoms with Crippen LogP contribution in [0.5, 0.6) is 0 Å². The van der Waals surface area contributed by atoms with Gasteiger partial charge in [-0.3, -0.25) is 0 Å². The molecule has 1 fully saturated rings. The summed E-state index contributed by atoms with van der Waals surface area (Å²) in [4.78, 5) is 0. The van der Waals surface area contributed by atoms with E-state index in [0.29, 0.717) is 19.6 Å². The van der Waals surface area contributed by atoms with Crippen LogP contribution in [0.15, 0.2) is 0 Å². The third kappa shape index (κ3) is 4.40. The van der Waals surface area contributed by atoms with E-state index in [1.54, 1.807) is 0 Å². The zero-order valence-corrected chi connectivity index (χ0v) is 9.24. The van der Waals surface area contributed by atoms with Crippen LogP contribution < -0.4 is 0 Å². The number of ether oxygens (including phenoxy) is 2. The molecule has 1 rings (SSSR count). The molecule has 0 saturated carbocycles. The van der Waals surface area contributed by atoms with E-state index >= 15 is 0 Å². The second-order valence-corrected chi connectivity index (χ2v) is 4.38. The standard InChI is InChI=1S/C11H22O3/c1-9(2)4-3-6-14-11-8-13-7-5-10(11)12/h9-12H,3-8H2,1-2H3. The van der Waals surface area contributed by atoms with Crippen LogP contribution in [0.1, 0.15) is 33.1 Å². The van der Waals surface area contributed by atoms with Crippen molar-refractivity contribution in [1.82, 2.24) is 0 Å². The molecule has 2 atom stereocenters. The Balaban J connectivity index is 2.04. The van der Waals surface area contributed by atoms with E-state index in [-0.39, 0.29) is 12.2 Å². The molecule has 84 valence electrons. The molecule has 1 heterocycles. The van der Waals surface area contributed by atoms with Crippen molar-refractivity contribution >= 4 is 0 Å². The summed E-state index contributed by atoms with van der Waals surface area (Å²) in [5, 5.41) is 9.57. The highest BCUT2D eigenvalue weighted by molar-refractivity contribution is 4.72. The lowest BCUT2D eigenvalue weighted by atomic mass is 10.1. The van der Waals surface area contributed by atoms with E-state index < -0.39 is 0 Å². The molecule has 0 bridgehead atoms. The minimum absolute atomic E-state index is 0.101. The van der Waals surface area contributed by atoms with E-state index in [2.05, 4.69) is 13.8 Å². The van der Waals surface area contributed by atoms with Crippen LogP contribution >= 0.6 is 0 Å². The Bertz CT molecular complexity index is 147. The molecule has 3 heteroatoms. The zero-order valence-electron chi connectivity index (χ0n) is 9.24. The molecule has 1 saturated heterocycles. The Labute approximate surface area is 86.4 Å². The van der Waals surface area contributed by atoms with Crippen molar-refractivity contribution in [2.24, 2.45) is 5.92 Å². The third-order valence-corrected chi connectivity index (χ3v) is 2.53. The summed E-state index contributed by atoms with van der Waals surface area (Å²) in [6.45, 7) is 6.36. The lowest BCUT2D eigenvalue weighted by Gasteiger charge is -2.27. The zero-order chi connectivity index (χ0) is 10.4. The first kappa shape index (κ1) is 12.0. The molecule has 0 aromatic rings. The summed E-state index contributed by atoms with van der Waals surface area (Å²) in [7, 11) is 0. The maximum atomic E-state index is 9.57. The van der Waals surface area contributed by atoms with Crippen molar-refractivity contribution in [2.75, 3.05) is 19.8 Å². The van der Waals surface area contributed by atoms with Crippen molar-refractivity contribution in [2.45, 2.75) is 45.3 Å². The van der Waals surface area contributed by atoms with E-state index in [9.17, 15) is 5.11 Å². The van der Waals surface area contributed by atoms with Crippen LogP contribution in [-0.2, 0) is 9.47 Å². The fraction of sp³-hybridized carbons (Fsp3) is 1.00. The predicted molar refractivity (Wildman–Crippen MR) is 55.3 cm³/mol. The smallest absolute Gasteiger partial charge is 0.107 e. The minimum Gasteiger partial charge on any atom is -0.390 e. The first-order valence-corrected chi connectivity index (χ1v) is 5.57. The predicted octanol–water partition coefficient (Wildman–Crippen LogP) is 1.59. The summed E-state index contributed by atoms with van der Waals surface area (Å²) in [6.07, 6.45) is 2.53. The van der Waals surface area contributed by atoms with Crippen LogP contribution in [0.2, 0.25) is 0 Å².